The minimum absolute atomic E-state index is 0.192. The Kier molecular flexibility index (Phi) is 4.27. The molecule has 0 fully saturated rings. The van der Waals surface area contributed by atoms with Crippen LogP contribution in [0.2, 0.25) is 0 Å². The molecule has 1 heterocycles. The summed E-state index contributed by atoms with van der Waals surface area (Å²) in [6, 6.07) is 6.91. The molecule has 0 aliphatic carbocycles. The Hall–Kier alpha value is -0.510. The van der Waals surface area contributed by atoms with E-state index in [4.69, 9.17) is 0 Å². The number of hydrogen-bond acceptors (Lipinski definition) is 3. The third-order valence-electron chi connectivity index (χ3n) is 2.95. The van der Waals surface area contributed by atoms with Crippen molar-refractivity contribution in [3.05, 3.63) is 29.3 Å². The van der Waals surface area contributed by atoms with E-state index in [-0.39, 0.29) is 12.6 Å². The fourth-order valence-corrected chi connectivity index (χ4v) is 3.19. The molecule has 88 valence electrons. The van der Waals surface area contributed by atoms with Crippen molar-refractivity contribution in [2.24, 2.45) is 0 Å². The SMILES string of the molecule is CCNC(CO)Cc1ccc2c(c1)CCS2. The van der Waals surface area contributed by atoms with Crippen LogP contribution in [0.25, 0.3) is 0 Å². The zero-order valence-corrected chi connectivity index (χ0v) is 10.5. The van der Waals surface area contributed by atoms with E-state index in [9.17, 15) is 5.11 Å². The zero-order valence-electron chi connectivity index (χ0n) is 9.70. The molecular weight excluding hydrogens is 218 g/mol. The Morgan fingerprint density at radius 2 is 2.38 bits per heavy atom. The maximum absolute atomic E-state index is 9.25. The summed E-state index contributed by atoms with van der Waals surface area (Å²) in [5, 5.41) is 12.5. The lowest BCUT2D eigenvalue weighted by Gasteiger charge is -2.15. The molecule has 0 spiro atoms. The highest BCUT2D eigenvalue weighted by Gasteiger charge is 2.13. The Morgan fingerprint density at radius 1 is 1.50 bits per heavy atom. The van der Waals surface area contributed by atoms with E-state index in [1.165, 1.54) is 28.2 Å². The van der Waals surface area contributed by atoms with E-state index in [1.807, 2.05) is 11.8 Å². The van der Waals surface area contributed by atoms with Crippen molar-refractivity contribution >= 4 is 11.8 Å². The molecule has 3 heteroatoms. The van der Waals surface area contributed by atoms with Gasteiger partial charge in [0.2, 0.25) is 0 Å². The summed E-state index contributed by atoms with van der Waals surface area (Å²) in [5.74, 6) is 1.22. The number of fused-ring (bicyclic) bond motifs is 1. The standard InChI is InChI=1S/C13H19NOS/c1-2-14-12(9-15)8-10-3-4-13-11(7-10)5-6-16-13/h3-4,7,12,14-15H,2,5-6,8-9H2,1H3. The molecule has 0 radical (unpaired) electrons. The van der Waals surface area contributed by atoms with Crippen LogP contribution < -0.4 is 5.32 Å². The van der Waals surface area contributed by atoms with E-state index < -0.39 is 0 Å². The van der Waals surface area contributed by atoms with Crippen LogP contribution in [0.4, 0.5) is 0 Å². The lowest BCUT2D eigenvalue weighted by atomic mass is 10.0. The molecule has 1 unspecified atom stereocenters. The van der Waals surface area contributed by atoms with Crippen LogP contribution in [0.1, 0.15) is 18.1 Å². The quantitative estimate of drug-likeness (QED) is 0.820. The van der Waals surface area contributed by atoms with Gasteiger partial charge in [-0.05, 0) is 36.6 Å². The van der Waals surface area contributed by atoms with Gasteiger partial charge >= 0.3 is 0 Å². The first-order valence-electron chi connectivity index (χ1n) is 5.92. The second kappa shape index (κ2) is 5.71. The van der Waals surface area contributed by atoms with Crippen molar-refractivity contribution in [2.75, 3.05) is 18.9 Å². The Labute approximate surface area is 101 Å². The van der Waals surface area contributed by atoms with Crippen molar-refractivity contribution in [3.8, 4) is 0 Å². The van der Waals surface area contributed by atoms with Gasteiger partial charge in [-0.15, -0.1) is 11.8 Å². The van der Waals surface area contributed by atoms with Crippen LogP contribution in [0.5, 0.6) is 0 Å². The van der Waals surface area contributed by atoms with Gasteiger partial charge in [0.1, 0.15) is 0 Å². The Bertz CT molecular complexity index is 354. The summed E-state index contributed by atoms with van der Waals surface area (Å²) in [5.41, 5.74) is 2.82. The van der Waals surface area contributed by atoms with E-state index in [0.717, 1.165) is 13.0 Å². The minimum atomic E-state index is 0.192. The molecular formula is C13H19NOS. The number of benzene rings is 1. The molecule has 1 aromatic carbocycles. The topological polar surface area (TPSA) is 32.3 Å². The smallest absolute Gasteiger partial charge is 0.0587 e. The lowest BCUT2D eigenvalue weighted by molar-refractivity contribution is 0.243. The first-order chi connectivity index (χ1) is 7.83. The van der Waals surface area contributed by atoms with Crippen LogP contribution in [0.3, 0.4) is 0 Å². The molecule has 0 saturated carbocycles. The van der Waals surface area contributed by atoms with Crippen LogP contribution in [0.15, 0.2) is 23.1 Å². The Balaban J connectivity index is 2.04. The van der Waals surface area contributed by atoms with E-state index >= 15 is 0 Å². The van der Waals surface area contributed by atoms with Crippen molar-refractivity contribution in [2.45, 2.75) is 30.7 Å². The Morgan fingerprint density at radius 3 is 3.12 bits per heavy atom. The van der Waals surface area contributed by atoms with Crippen LogP contribution >= 0.6 is 11.8 Å². The number of aliphatic hydroxyl groups is 1. The summed E-state index contributed by atoms with van der Waals surface area (Å²) in [6.07, 6.45) is 2.11. The van der Waals surface area contributed by atoms with Gasteiger partial charge in [0.15, 0.2) is 0 Å². The normalized spacial score (nSPS) is 16.1. The summed E-state index contributed by atoms with van der Waals surface area (Å²) >= 11 is 1.95. The van der Waals surface area contributed by atoms with E-state index in [1.54, 1.807) is 0 Å². The number of aliphatic hydroxyl groups excluding tert-OH is 1. The van der Waals surface area contributed by atoms with Crippen LogP contribution in [-0.4, -0.2) is 30.1 Å². The molecule has 1 aliphatic rings. The molecule has 0 amide bonds. The van der Waals surface area contributed by atoms with Gasteiger partial charge in [-0.2, -0.15) is 0 Å². The van der Waals surface area contributed by atoms with Crippen LogP contribution in [0, 0.1) is 0 Å². The van der Waals surface area contributed by atoms with E-state index in [0.29, 0.717) is 0 Å². The number of hydrogen-bond donors (Lipinski definition) is 2. The van der Waals surface area contributed by atoms with Crippen molar-refractivity contribution < 1.29 is 5.11 Å². The summed E-state index contributed by atoms with van der Waals surface area (Å²) in [7, 11) is 0. The molecule has 1 aromatic rings. The molecule has 2 rings (SSSR count). The number of aryl methyl sites for hydroxylation is 1. The van der Waals surface area contributed by atoms with Gasteiger partial charge in [0.05, 0.1) is 6.61 Å². The van der Waals surface area contributed by atoms with Gasteiger partial charge in [0, 0.05) is 16.7 Å². The molecule has 0 bridgehead atoms. The predicted octanol–water partition coefficient (Wildman–Crippen LogP) is 1.85. The van der Waals surface area contributed by atoms with Crippen molar-refractivity contribution in [1.29, 1.82) is 0 Å². The van der Waals surface area contributed by atoms with Crippen LogP contribution in [-0.2, 0) is 12.8 Å². The highest BCUT2D eigenvalue weighted by atomic mass is 32.2. The average Bonchev–Trinajstić information content (AvgIpc) is 2.75. The molecule has 2 N–H and O–H groups in total. The third kappa shape index (κ3) is 2.78. The van der Waals surface area contributed by atoms with Gasteiger partial charge in [-0.3, -0.25) is 0 Å². The fourth-order valence-electron chi connectivity index (χ4n) is 2.14. The molecule has 1 atom stereocenters. The fraction of sp³-hybridized carbons (Fsp3) is 0.538. The van der Waals surface area contributed by atoms with Gasteiger partial charge in [0.25, 0.3) is 0 Å². The first-order valence-corrected chi connectivity index (χ1v) is 6.91. The molecule has 2 nitrogen and oxygen atoms in total. The van der Waals surface area contributed by atoms with Crippen molar-refractivity contribution in [3.63, 3.8) is 0 Å². The maximum Gasteiger partial charge on any atom is 0.0587 e. The number of likely N-dealkylation sites (N-methyl/N-ethyl adjacent to an activating group) is 1. The van der Waals surface area contributed by atoms with Gasteiger partial charge in [-0.1, -0.05) is 19.1 Å². The summed E-state index contributed by atoms with van der Waals surface area (Å²) < 4.78 is 0. The van der Waals surface area contributed by atoms with E-state index in [2.05, 4.69) is 30.4 Å². The number of rotatable bonds is 5. The second-order valence-corrected chi connectivity index (χ2v) is 5.32. The summed E-state index contributed by atoms with van der Waals surface area (Å²) in [6.45, 7) is 3.19. The first kappa shape index (κ1) is 12.0. The molecule has 16 heavy (non-hydrogen) atoms. The zero-order chi connectivity index (χ0) is 11.4. The largest absolute Gasteiger partial charge is 0.395 e. The average molecular weight is 237 g/mol. The number of thioether (sulfide) groups is 1. The number of nitrogens with one attached hydrogen (secondary N) is 1. The monoisotopic (exact) mass is 237 g/mol. The highest BCUT2D eigenvalue weighted by molar-refractivity contribution is 7.99. The highest BCUT2D eigenvalue weighted by Crippen LogP contribution is 2.31. The van der Waals surface area contributed by atoms with Crippen molar-refractivity contribution in [1.82, 2.24) is 5.32 Å². The molecule has 0 saturated heterocycles. The summed E-state index contributed by atoms with van der Waals surface area (Å²) in [4.78, 5) is 1.44. The second-order valence-electron chi connectivity index (χ2n) is 4.18. The minimum Gasteiger partial charge on any atom is -0.395 e. The molecule has 0 aromatic heterocycles. The van der Waals surface area contributed by atoms with Gasteiger partial charge in [-0.25, -0.2) is 0 Å². The lowest BCUT2D eigenvalue weighted by Crippen LogP contribution is -2.34. The third-order valence-corrected chi connectivity index (χ3v) is 4.07. The molecule has 1 aliphatic heterocycles. The predicted molar refractivity (Wildman–Crippen MR) is 69.1 cm³/mol. The van der Waals surface area contributed by atoms with Gasteiger partial charge < -0.3 is 10.4 Å². The maximum atomic E-state index is 9.25.